The Morgan fingerprint density at radius 3 is 2.62 bits per heavy atom. The van der Waals surface area contributed by atoms with E-state index in [2.05, 4.69) is 4.98 Å². The van der Waals surface area contributed by atoms with Crippen molar-refractivity contribution in [1.82, 2.24) is 14.5 Å². The van der Waals surface area contributed by atoms with E-state index in [9.17, 15) is 14.4 Å². The van der Waals surface area contributed by atoms with Crippen molar-refractivity contribution in [3.05, 3.63) is 17.7 Å². The Morgan fingerprint density at radius 1 is 1.33 bits per heavy atom. The molecule has 2 aliphatic rings. The lowest BCUT2D eigenvalue weighted by Gasteiger charge is -2.30. The monoisotopic (exact) mass is 292 g/mol. The smallest absolute Gasteiger partial charge is 0.321 e. The molecule has 0 aromatic carbocycles. The van der Waals surface area contributed by atoms with Crippen molar-refractivity contribution in [2.24, 2.45) is 11.1 Å². The van der Waals surface area contributed by atoms with Gasteiger partial charge in [-0.1, -0.05) is 0 Å². The number of nitrogens with zero attached hydrogens (tertiary/aromatic N) is 3. The van der Waals surface area contributed by atoms with E-state index in [1.54, 1.807) is 9.47 Å². The molecule has 3 rings (SSSR count). The summed E-state index contributed by atoms with van der Waals surface area (Å²) in [5.41, 5.74) is 4.61. The zero-order valence-corrected chi connectivity index (χ0v) is 11.7. The Labute approximate surface area is 120 Å². The van der Waals surface area contributed by atoms with Crippen molar-refractivity contribution in [3.8, 4) is 0 Å². The fraction of sp³-hybridized carbons (Fsp3) is 0.538. The van der Waals surface area contributed by atoms with Gasteiger partial charge >= 0.3 is 5.97 Å². The highest BCUT2D eigenvalue weighted by atomic mass is 16.5. The zero-order valence-electron chi connectivity index (χ0n) is 11.7. The van der Waals surface area contributed by atoms with Crippen LogP contribution in [-0.2, 0) is 27.4 Å². The van der Waals surface area contributed by atoms with E-state index in [-0.39, 0.29) is 12.5 Å². The molecule has 0 radical (unpaired) electrons. The van der Waals surface area contributed by atoms with Crippen molar-refractivity contribution in [2.75, 3.05) is 13.7 Å². The maximum atomic E-state index is 12.5. The first-order chi connectivity index (χ1) is 9.99. The lowest BCUT2D eigenvalue weighted by Crippen LogP contribution is -2.45. The number of fused-ring (bicyclic) bond motifs is 1. The molecule has 1 aromatic rings. The van der Waals surface area contributed by atoms with Gasteiger partial charge in [0, 0.05) is 13.1 Å². The van der Waals surface area contributed by atoms with Crippen LogP contribution >= 0.6 is 0 Å². The third-order valence-electron chi connectivity index (χ3n) is 4.14. The van der Waals surface area contributed by atoms with Crippen LogP contribution in [0.25, 0.3) is 0 Å². The number of amides is 2. The third-order valence-corrected chi connectivity index (χ3v) is 4.14. The number of carbonyl (C=O) groups is 3. The number of methoxy groups -OCH3 is 1. The Morgan fingerprint density at radius 2 is 2.05 bits per heavy atom. The minimum absolute atomic E-state index is 0.218. The van der Waals surface area contributed by atoms with Crippen LogP contribution in [-0.4, -0.2) is 45.9 Å². The molecule has 2 amide bonds. The number of rotatable bonds is 3. The van der Waals surface area contributed by atoms with Gasteiger partial charge in [-0.2, -0.15) is 0 Å². The Kier molecular flexibility index (Phi) is 2.96. The average Bonchev–Trinajstić information content (AvgIpc) is 3.18. The SMILES string of the molecule is COC(=O)C1(C(=O)N2CCn3c(C(N)=O)cnc3C2)CC1. The summed E-state index contributed by atoms with van der Waals surface area (Å²) < 4.78 is 6.44. The van der Waals surface area contributed by atoms with Crippen LogP contribution in [0.3, 0.4) is 0 Å². The number of carbonyl (C=O) groups excluding carboxylic acids is 3. The fourth-order valence-corrected chi connectivity index (χ4v) is 2.76. The molecule has 1 aromatic heterocycles. The minimum atomic E-state index is -1.00. The van der Waals surface area contributed by atoms with Crippen molar-refractivity contribution in [3.63, 3.8) is 0 Å². The van der Waals surface area contributed by atoms with E-state index >= 15 is 0 Å². The number of aromatic nitrogens is 2. The summed E-state index contributed by atoms with van der Waals surface area (Å²) in [6.07, 6.45) is 2.46. The number of hydrogen-bond donors (Lipinski definition) is 1. The molecule has 1 fully saturated rings. The standard InChI is InChI=1S/C13H16N4O4/c1-21-12(20)13(2-3-13)11(19)16-4-5-17-8(10(14)18)6-15-9(17)7-16/h6H,2-5,7H2,1H3,(H2,14,18). The lowest BCUT2D eigenvalue weighted by molar-refractivity contribution is -0.156. The molecule has 2 N–H and O–H groups in total. The van der Waals surface area contributed by atoms with E-state index in [1.807, 2.05) is 0 Å². The van der Waals surface area contributed by atoms with Gasteiger partial charge in [-0.25, -0.2) is 4.98 Å². The van der Waals surface area contributed by atoms with Crippen molar-refractivity contribution >= 4 is 17.8 Å². The quantitative estimate of drug-likeness (QED) is 0.584. The molecular formula is C13H16N4O4. The second kappa shape index (κ2) is 4.57. The molecule has 21 heavy (non-hydrogen) atoms. The molecular weight excluding hydrogens is 276 g/mol. The third kappa shape index (κ3) is 1.98. The van der Waals surface area contributed by atoms with Crippen LogP contribution < -0.4 is 5.73 Å². The maximum Gasteiger partial charge on any atom is 0.321 e. The Hall–Kier alpha value is -2.38. The highest BCUT2D eigenvalue weighted by molar-refractivity contribution is 6.05. The minimum Gasteiger partial charge on any atom is -0.468 e. The zero-order chi connectivity index (χ0) is 15.2. The summed E-state index contributed by atoms with van der Waals surface area (Å²) in [7, 11) is 1.29. The number of nitrogens with two attached hydrogens (primary N) is 1. The molecule has 2 heterocycles. The second-order valence-electron chi connectivity index (χ2n) is 5.38. The number of esters is 1. The maximum absolute atomic E-state index is 12.5. The molecule has 1 aliphatic heterocycles. The lowest BCUT2D eigenvalue weighted by atomic mass is 10.1. The van der Waals surface area contributed by atoms with Gasteiger partial charge < -0.3 is 19.9 Å². The second-order valence-corrected chi connectivity index (χ2v) is 5.38. The van der Waals surface area contributed by atoms with Crippen LogP contribution in [0.15, 0.2) is 6.20 Å². The number of ether oxygens (including phenoxy) is 1. The largest absolute Gasteiger partial charge is 0.468 e. The Balaban J connectivity index is 1.80. The van der Waals surface area contributed by atoms with Gasteiger partial charge in [0.15, 0.2) is 0 Å². The molecule has 112 valence electrons. The molecule has 8 nitrogen and oxygen atoms in total. The van der Waals surface area contributed by atoms with E-state index in [4.69, 9.17) is 10.5 Å². The summed E-state index contributed by atoms with van der Waals surface area (Å²) in [4.78, 5) is 41.3. The summed E-state index contributed by atoms with van der Waals surface area (Å²) in [6.45, 7) is 1.13. The Bertz CT molecular complexity index is 632. The van der Waals surface area contributed by atoms with Crippen molar-refractivity contribution < 1.29 is 19.1 Å². The molecule has 0 saturated heterocycles. The van der Waals surface area contributed by atoms with Crippen LogP contribution in [0.1, 0.15) is 29.2 Å². The van der Waals surface area contributed by atoms with E-state index in [0.29, 0.717) is 37.4 Å². The fourth-order valence-electron chi connectivity index (χ4n) is 2.76. The van der Waals surface area contributed by atoms with Gasteiger partial charge in [-0.3, -0.25) is 14.4 Å². The van der Waals surface area contributed by atoms with Gasteiger partial charge in [0.25, 0.3) is 5.91 Å². The predicted octanol–water partition coefficient (Wildman–Crippen LogP) is -0.723. The normalized spacial score (nSPS) is 18.8. The molecule has 0 spiro atoms. The first-order valence-electron chi connectivity index (χ1n) is 6.71. The topological polar surface area (TPSA) is 108 Å². The summed E-state index contributed by atoms with van der Waals surface area (Å²) in [5.74, 6) is -0.630. The highest BCUT2D eigenvalue weighted by Gasteiger charge is 2.59. The van der Waals surface area contributed by atoms with E-state index < -0.39 is 17.3 Å². The van der Waals surface area contributed by atoms with Crippen LogP contribution in [0.2, 0.25) is 0 Å². The first kappa shape index (κ1) is 13.6. The number of imidazole rings is 1. The summed E-state index contributed by atoms with van der Waals surface area (Å²) in [6, 6.07) is 0. The summed E-state index contributed by atoms with van der Waals surface area (Å²) in [5, 5.41) is 0. The predicted molar refractivity (Wildman–Crippen MR) is 69.8 cm³/mol. The van der Waals surface area contributed by atoms with Crippen molar-refractivity contribution in [2.45, 2.75) is 25.9 Å². The van der Waals surface area contributed by atoms with Gasteiger partial charge in [0.1, 0.15) is 16.9 Å². The van der Waals surface area contributed by atoms with Crippen molar-refractivity contribution in [1.29, 1.82) is 0 Å². The van der Waals surface area contributed by atoms with Gasteiger partial charge in [-0.15, -0.1) is 0 Å². The molecule has 1 aliphatic carbocycles. The van der Waals surface area contributed by atoms with Gasteiger partial charge in [0.2, 0.25) is 5.91 Å². The molecule has 0 bridgehead atoms. The first-order valence-corrected chi connectivity index (χ1v) is 6.71. The van der Waals surface area contributed by atoms with Crippen LogP contribution in [0.4, 0.5) is 0 Å². The molecule has 0 unspecified atom stereocenters. The average molecular weight is 292 g/mol. The molecule has 1 saturated carbocycles. The number of primary amides is 1. The summed E-state index contributed by atoms with van der Waals surface area (Å²) >= 11 is 0. The number of hydrogen-bond acceptors (Lipinski definition) is 5. The molecule has 8 heteroatoms. The van der Waals surface area contributed by atoms with E-state index in [0.717, 1.165) is 0 Å². The van der Waals surface area contributed by atoms with Gasteiger partial charge in [0.05, 0.1) is 19.9 Å². The van der Waals surface area contributed by atoms with E-state index in [1.165, 1.54) is 13.3 Å². The molecule has 0 atom stereocenters. The van der Waals surface area contributed by atoms with Crippen LogP contribution in [0, 0.1) is 5.41 Å². The van der Waals surface area contributed by atoms with Gasteiger partial charge in [-0.05, 0) is 12.8 Å². The highest BCUT2D eigenvalue weighted by Crippen LogP contribution is 2.48. The van der Waals surface area contributed by atoms with Crippen LogP contribution in [0.5, 0.6) is 0 Å².